The molecule has 0 unspecified atom stereocenters. The quantitative estimate of drug-likeness (QED) is 0.746. The van der Waals surface area contributed by atoms with Gasteiger partial charge in [-0.05, 0) is 36.6 Å². The van der Waals surface area contributed by atoms with Crippen molar-refractivity contribution < 1.29 is 4.74 Å². The van der Waals surface area contributed by atoms with Gasteiger partial charge in [0.1, 0.15) is 0 Å². The number of aryl methyl sites for hydroxylation is 1. The summed E-state index contributed by atoms with van der Waals surface area (Å²) in [4.78, 5) is 0. The topological polar surface area (TPSA) is 26.2 Å². The Morgan fingerprint density at radius 1 is 1.25 bits per heavy atom. The van der Waals surface area contributed by atoms with Crippen molar-refractivity contribution in [2.24, 2.45) is 5.92 Å². The minimum Gasteiger partial charge on any atom is -0.385 e. The number of ether oxygens (including phenoxy) is 1. The Morgan fingerprint density at radius 2 is 2.10 bits per heavy atom. The number of hydrogen-bond donors (Lipinski definition) is 1. The zero-order chi connectivity index (χ0) is 14.4. The van der Waals surface area contributed by atoms with Gasteiger partial charge >= 0.3 is 0 Å². The van der Waals surface area contributed by atoms with Gasteiger partial charge in [0.2, 0.25) is 0 Å². The van der Waals surface area contributed by atoms with Crippen LogP contribution in [0.4, 0.5) is 0 Å². The standard InChI is InChI=1S/C17H26N2O/c1-14(2)12-18-13-15-6-4-7-17-16(15)8-10-19(17)9-5-11-20-3/h4,6-8,10,14,18H,5,9,11-13H2,1-3H3. The summed E-state index contributed by atoms with van der Waals surface area (Å²) in [5.74, 6) is 0.688. The first-order valence-corrected chi connectivity index (χ1v) is 7.48. The molecule has 3 nitrogen and oxygen atoms in total. The smallest absolute Gasteiger partial charge is 0.0483 e. The molecule has 1 aromatic carbocycles. The molecule has 0 amide bonds. The van der Waals surface area contributed by atoms with Gasteiger partial charge in [-0.15, -0.1) is 0 Å². The SMILES string of the molecule is COCCCn1ccc2c(CNCC(C)C)cccc21. The van der Waals surface area contributed by atoms with Crippen molar-refractivity contribution in [1.29, 1.82) is 0 Å². The maximum atomic E-state index is 5.13. The van der Waals surface area contributed by atoms with Gasteiger partial charge in [-0.25, -0.2) is 0 Å². The van der Waals surface area contributed by atoms with Crippen LogP contribution in [-0.2, 0) is 17.8 Å². The lowest BCUT2D eigenvalue weighted by molar-refractivity contribution is 0.190. The fraction of sp³-hybridized carbons (Fsp3) is 0.529. The maximum Gasteiger partial charge on any atom is 0.0483 e. The number of benzene rings is 1. The molecule has 0 spiro atoms. The molecular formula is C17H26N2O. The van der Waals surface area contributed by atoms with Gasteiger partial charge in [0.15, 0.2) is 0 Å². The summed E-state index contributed by atoms with van der Waals surface area (Å²) in [5.41, 5.74) is 2.71. The first-order chi connectivity index (χ1) is 9.72. The largest absolute Gasteiger partial charge is 0.385 e. The van der Waals surface area contributed by atoms with Crippen LogP contribution in [-0.4, -0.2) is 24.8 Å². The normalized spacial score (nSPS) is 11.6. The Labute approximate surface area is 121 Å². The summed E-state index contributed by atoms with van der Waals surface area (Å²) in [6, 6.07) is 8.80. The van der Waals surface area contributed by atoms with E-state index in [9.17, 15) is 0 Å². The number of aromatic nitrogens is 1. The zero-order valence-corrected chi connectivity index (χ0v) is 12.9. The molecule has 0 aliphatic carbocycles. The Hall–Kier alpha value is -1.32. The van der Waals surface area contributed by atoms with Gasteiger partial charge in [-0.1, -0.05) is 26.0 Å². The molecule has 3 heteroatoms. The molecule has 2 aromatic rings. The molecule has 0 bridgehead atoms. The summed E-state index contributed by atoms with van der Waals surface area (Å²) in [6.07, 6.45) is 3.24. The number of rotatable bonds is 8. The van der Waals surface area contributed by atoms with E-state index in [-0.39, 0.29) is 0 Å². The molecule has 1 heterocycles. The number of fused-ring (bicyclic) bond motifs is 1. The molecule has 0 aliphatic rings. The van der Waals surface area contributed by atoms with E-state index < -0.39 is 0 Å². The molecule has 0 aliphatic heterocycles. The second kappa shape index (κ2) is 7.46. The Morgan fingerprint density at radius 3 is 2.85 bits per heavy atom. The monoisotopic (exact) mass is 274 g/mol. The molecular weight excluding hydrogens is 248 g/mol. The van der Waals surface area contributed by atoms with Crippen molar-refractivity contribution in [2.75, 3.05) is 20.3 Å². The average molecular weight is 274 g/mol. The third kappa shape index (κ3) is 3.84. The molecule has 1 N–H and O–H groups in total. The maximum absolute atomic E-state index is 5.13. The molecule has 0 atom stereocenters. The van der Waals surface area contributed by atoms with Crippen molar-refractivity contribution in [3.8, 4) is 0 Å². The molecule has 2 rings (SSSR count). The van der Waals surface area contributed by atoms with E-state index in [2.05, 4.69) is 54.2 Å². The highest BCUT2D eigenvalue weighted by Crippen LogP contribution is 2.20. The van der Waals surface area contributed by atoms with Gasteiger partial charge in [0, 0.05) is 43.9 Å². The Balaban J connectivity index is 2.08. The van der Waals surface area contributed by atoms with E-state index in [1.165, 1.54) is 16.5 Å². The third-order valence-corrected chi connectivity index (χ3v) is 3.52. The van der Waals surface area contributed by atoms with Crippen LogP contribution in [0.2, 0.25) is 0 Å². The van der Waals surface area contributed by atoms with E-state index in [0.717, 1.165) is 32.7 Å². The van der Waals surface area contributed by atoms with Crippen molar-refractivity contribution in [2.45, 2.75) is 33.4 Å². The van der Waals surface area contributed by atoms with Crippen LogP contribution in [0.1, 0.15) is 25.8 Å². The minimum atomic E-state index is 0.688. The molecule has 0 saturated carbocycles. The van der Waals surface area contributed by atoms with Gasteiger partial charge < -0.3 is 14.6 Å². The lowest BCUT2D eigenvalue weighted by atomic mass is 10.1. The number of nitrogens with one attached hydrogen (secondary N) is 1. The first kappa shape index (κ1) is 15.1. The third-order valence-electron chi connectivity index (χ3n) is 3.52. The van der Waals surface area contributed by atoms with Crippen LogP contribution >= 0.6 is 0 Å². The van der Waals surface area contributed by atoms with Crippen LogP contribution in [0.25, 0.3) is 10.9 Å². The predicted octanol–water partition coefficient (Wildman–Crippen LogP) is 3.42. The van der Waals surface area contributed by atoms with E-state index in [1.54, 1.807) is 7.11 Å². The van der Waals surface area contributed by atoms with E-state index in [0.29, 0.717) is 5.92 Å². The van der Waals surface area contributed by atoms with Gasteiger partial charge in [0.25, 0.3) is 0 Å². The fourth-order valence-corrected chi connectivity index (χ4v) is 2.51. The molecule has 20 heavy (non-hydrogen) atoms. The van der Waals surface area contributed by atoms with E-state index in [1.807, 2.05) is 0 Å². The lowest BCUT2D eigenvalue weighted by Gasteiger charge is -2.09. The van der Waals surface area contributed by atoms with Gasteiger partial charge in [-0.3, -0.25) is 0 Å². The van der Waals surface area contributed by atoms with Crippen LogP contribution in [0.15, 0.2) is 30.5 Å². The molecule has 0 fully saturated rings. The van der Waals surface area contributed by atoms with E-state index in [4.69, 9.17) is 4.74 Å². The van der Waals surface area contributed by atoms with Crippen molar-refractivity contribution in [1.82, 2.24) is 9.88 Å². The second-order valence-corrected chi connectivity index (χ2v) is 5.73. The predicted molar refractivity (Wildman–Crippen MR) is 85.0 cm³/mol. The average Bonchev–Trinajstić information content (AvgIpc) is 2.83. The number of nitrogens with zero attached hydrogens (tertiary/aromatic N) is 1. The summed E-state index contributed by atoms with van der Waals surface area (Å²) < 4.78 is 7.45. The first-order valence-electron chi connectivity index (χ1n) is 7.48. The summed E-state index contributed by atoms with van der Waals surface area (Å²) >= 11 is 0. The Kier molecular flexibility index (Phi) is 5.62. The molecule has 110 valence electrons. The highest BCUT2D eigenvalue weighted by atomic mass is 16.5. The van der Waals surface area contributed by atoms with Crippen LogP contribution < -0.4 is 5.32 Å². The molecule has 0 saturated heterocycles. The minimum absolute atomic E-state index is 0.688. The summed E-state index contributed by atoms with van der Waals surface area (Å²) in [7, 11) is 1.76. The van der Waals surface area contributed by atoms with Crippen molar-refractivity contribution in [3.05, 3.63) is 36.0 Å². The van der Waals surface area contributed by atoms with Crippen LogP contribution in [0, 0.1) is 5.92 Å². The van der Waals surface area contributed by atoms with Crippen molar-refractivity contribution >= 4 is 10.9 Å². The zero-order valence-electron chi connectivity index (χ0n) is 12.9. The molecule has 0 radical (unpaired) electrons. The fourth-order valence-electron chi connectivity index (χ4n) is 2.51. The summed E-state index contributed by atoms with van der Waals surface area (Å²) in [5, 5.41) is 4.89. The highest BCUT2D eigenvalue weighted by molar-refractivity contribution is 5.83. The van der Waals surface area contributed by atoms with E-state index >= 15 is 0 Å². The van der Waals surface area contributed by atoms with Crippen LogP contribution in [0.3, 0.4) is 0 Å². The van der Waals surface area contributed by atoms with Gasteiger partial charge in [0.05, 0.1) is 0 Å². The molecule has 1 aromatic heterocycles. The number of methoxy groups -OCH3 is 1. The second-order valence-electron chi connectivity index (χ2n) is 5.73. The van der Waals surface area contributed by atoms with Gasteiger partial charge in [-0.2, -0.15) is 0 Å². The highest BCUT2D eigenvalue weighted by Gasteiger charge is 2.05. The van der Waals surface area contributed by atoms with Crippen LogP contribution in [0.5, 0.6) is 0 Å². The van der Waals surface area contributed by atoms with Crippen molar-refractivity contribution in [3.63, 3.8) is 0 Å². The Bertz CT molecular complexity index is 531. The summed E-state index contributed by atoms with van der Waals surface area (Å²) in [6.45, 7) is 8.30. The lowest BCUT2D eigenvalue weighted by Crippen LogP contribution is -2.19. The number of hydrogen-bond acceptors (Lipinski definition) is 2.